The lowest BCUT2D eigenvalue weighted by atomic mass is 10.2. The van der Waals surface area contributed by atoms with Crippen molar-refractivity contribution in [3.63, 3.8) is 0 Å². The van der Waals surface area contributed by atoms with Gasteiger partial charge in [0.25, 0.3) is 0 Å². The van der Waals surface area contributed by atoms with Gasteiger partial charge in [0, 0.05) is 11.8 Å². The minimum absolute atomic E-state index is 0.0253. The summed E-state index contributed by atoms with van der Waals surface area (Å²) in [5.74, 6) is 0.0574. The fraction of sp³-hybridized carbons (Fsp3) is 0.444. The molecule has 1 saturated carbocycles. The van der Waals surface area contributed by atoms with E-state index in [2.05, 4.69) is 27.3 Å². The third-order valence-corrected chi connectivity index (χ3v) is 4.04. The summed E-state index contributed by atoms with van der Waals surface area (Å²) in [4.78, 5) is 12.2. The third-order valence-electron chi connectivity index (χ3n) is 2.21. The second-order valence-corrected chi connectivity index (χ2v) is 5.83. The van der Waals surface area contributed by atoms with Crippen LogP contribution in [-0.2, 0) is 10.3 Å². The molecule has 0 aromatic carbocycles. The summed E-state index contributed by atoms with van der Waals surface area (Å²) >= 11 is 5.13. The molecule has 1 aliphatic carbocycles. The first-order valence-electron chi connectivity index (χ1n) is 4.17. The first-order valence-corrected chi connectivity index (χ1v) is 5.78. The smallest absolute Gasteiger partial charge is 0.217 e. The Morgan fingerprint density at radius 3 is 2.69 bits per heavy atom. The number of hydrogen-bond donors (Lipinski definition) is 1. The van der Waals surface area contributed by atoms with Gasteiger partial charge in [-0.3, -0.25) is 4.79 Å². The van der Waals surface area contributed by atoms with E-state index in [9.17, 15) is 4.79 Å². The van der Waals surface area contributed by atoms with Crippen molar-refractivity contribution in [1.82, 2.24) is 5.32 Å². The lowest BCUT2D eigenvalue weighted by molar-refractivity contribution is -0.119. The van der Waals surface area contributed by atoms with Crippen LogP contribution in [0.15, 0.2) is 15.9 Å². The highest BCUT2D eigenvalue weighted by Gasteiger charge is 2.46. The zero-order valence-electron chi connectivity index (χ0n) is 7.26. The predicted octanol–water partition coefficient (Wildman–Crippen LogP) is 2.64. The summed E-state index contributed by atoms with van der Waals surface area (Å²) in [5.41, 5.74) is -0.0253. The zero-order chi connectivity index (χ0) is 9.47. The molecule has 1 amide bonds. The predicted molar refractivity (Wildman–Crippen MR) is 56.7 cm³/mol. The van der Waals surface area contributed by atoms with Crippen LogP contribution in [-0.4, -0.2) is 5.91 Å². The van der Waals surface area contributed by atoms with Gasteiger partial charge in [-0.2, -0.15) is 0 Å². The van der Waals surface area contributed by atoms with Crippen LogP contribution in [0.3, 0.4) is 0 Å². The molecule has 1 N–H and O–H groups in total. The fourth-order valence-corrected chi connectivity index (χ4v) is 3.05. The van der Waals surface area contributed by atoms with Gasteiger partial charge < -0.3 is 5.32 Å². The molecular weight excluding hydrogens is 250 g/mol. The summed E-state index contributed by atoms with van der Waals surface area (Å²) < 4.78 is 1.12. The molecule has 0 bridgehead atoms. The number of amides is 1. The van der Waals surface area contributed by atoms with Gasteiger partial charge in [-0.25, -0.2) is 0 Å². The lowest BCUT2D eigenvalue weighted by Crippen LogP contribution is -2.32. The van der Waals surface area contributed by atoms with Gasteiger partial charge >= 0.3 is 0 Å². The number of rotatable bonds is 2. The first-order chi connectivity index (χ1) is 6.12. The maximum Gasteiger partial charge on any atom is 0.217 e. The molecule has 0 spiro atoms. The van der Waals surface area contributed by atoms with Crippen molar-refractivity contribution in [2.24, 2.45) is 0 Å². The molecule has 0 atom stereocenters. The van der Waals surface area contributed by atoms with Crippen LogP contribution in [0.4, 0.5) is 0 Å². The average Bonchev–Trinajstić information content (AvgIpc) is 2.65. The minimum atomic E-state index is -0.0253. The highest BCUT2D eigenvalue weighted by atomic mass is 79.9. The van der Waals surface area contributed by atoms with E-state index in [0.29, 0.717) is 0 Å². The van der Waals surface area contributed by atoms with E-state index in [0.717, 1.165) is 16.6 Å². The van der Waals surface area contributed by atoms with E-state index in [4.69, 9.17) is 0 Å². The van der Waals surface area contributed by atoms with E-state index >= 15 is 0 Å². The SMILES string of the molecule is CC(=O)NC1(c2ccc(Br)s2)CC1. The van der Waals surface area contributed by atoms with Gasteiger partial charge in [-0.1, -0.05) is 0 Å². The van der Waals surface area contributed by atoms with Crippen molar-refractivity contribution in [3.05, 3.63) is 20.8 Å². The van der Waals surface area contributed by atoms with Gasteiger partial charge in [0.1, 0.15) is 0 Å². The van der Waals surface area contributed by atoms with Crippen LogP contribution >= 0.6 is 27.3 Å². The Bertz CT molecular complexity index is 343. The Labute approximate surface area is 89.5 Å². The number of nitrogens with one attached hydrogen (secondary N) is 1. The molecule has 1 aromatic heterocycles. The summed E-state index contributed by atoms with van der Waals surface area (Å²) in [5, 5.41) is 3.01. The number of halogens is 1. The minimum Gasteiger partial charge on any atom is -0.346 e. The molecule has 13 heavy (non-hydrogen) atoms. The Morgan fingerprint density at radius 2 is 2.31 bits per heavy atom. The van der Waals surface area contributed by atoms with Gasteiger partial charge in [0.05, 0.1) is 9.33 Å². The van der Waals surface area contributed by atoms with Crippen molar-refractivity contribution in [3.8, 4) is 0 Å². The molecule has 1 fully saturated rings. The average molecular weight is 260 g/mol. The molecule has 70 valence electrons. The van der Waals surface area contributed by atoms with E-state index in [1.807, 2.05) is 6.07 Å². The molecule has 0 saturated heterocycles. The Balaban J connectivity index is 2.20. The largest absolute Gasteiger partial charge is 0.346 e. The Hall–Kier alpha value is -0.350. The molecule has 0 aliphatic heterocycles. The zero-order valence-corrected chi connectivity index (χ0v) is 9.67. The molecule has 2 nitrogen and oxygen atoms in total. The number of carbonyl (C=O) groups excluding carboxylic acids is 1. The van der Waals surface area contributed by atoms with Crippen LogP contribution in [0, 0.1) is 0 Å². The summed E-state index contributed by atoms with van der Waals surface area (Å²) in [7, 11) is 0. The Morgan fingerprint density at radius 1 is 1.62 bits per heavy atom. The summed E-state index contributed by atoms with van der Waals surface area (Å²) in [6.07, 6.45) is 2.14. The van der Waals surface area contributed by atoms with Crippen LogP contribution in [0.1, 0.15) is 24.6 Å². The van der Waals surface area contributed by atoms with Crippen molar-refractivity contribution in [2.75, 3.05) is 0 Å². The number of thiophene rings is 1. The normalized spacial score (nSPS) is 18.3. The van der Waals surface area contributed by atoms with Gasteiger partial charge in [-0.05, 0) is 40.9 Å². The van der Waals surface area contributed by atoms with Crippen LogP contribution in [0.5, 0.6) is 0 Å². The topological polar surface area (TPSA) is 29.1 Å². The van der Waals surface area contributed by atoms with E-state index < -0.39 is 0 Å². The first kappa shape index (κ1) is 9.21. The third kappa shape index (κ3) is 1.79. The molecule has 1 aromatic rings. The molecule has 1 heterocycles. The Kier molecular flexibility index (Phi) is 2.20. The standard InChI is InChI=1S/C9H10BrNOS/c1-6(12)11-9(4-5-9)7-2-3-8(10)13-7/h2-3H,4-5H2,1H3,(H,11,12). The van der Waals surface area contributed by atoms with E-state index in [1.165, 1.54) is 4.88 Å². The van der Waals surface area contributed by atoms with Crippen molar-refractivity contribution >= 4 is 33.2 Å². The quantitative estimate of drug-likeness (QED) is 0.870. The summed E-state index contributed by atoms with van der Waals surface area (Å²) in [6, 6.07) is 4.11. The van der Waals surface area contributed by atoms with Crippen LogP contribution < -0.4 is 5.32 Å². The lowest BCUT2D eigenvalue weighted by Gasteiger charge is -2.13. The van der Waals surface area contributed by atoms with Crippen LogP contribution in [0.25, 0.3) is 0 Å². The van der Waals surface area contributed by atoms with Crippen LogP contribution in [0.2, 0.25) is 0 Å². The number of hydrogen-bond acceptors (Lipinski definition) is 2. The fourth-order valence-electron chi connectivity index (χ4n) is 1.47. The summed E-state index contributed by atoms with van der Waals surface area (Å²) in [6.45, 7) is 1.57. The molecule has 4 heteroatoms. The maximum atomic E-state index is 11.0. The number of carbonyl (C=O) groups is 1. The molecular formula is C9H10BrNOS. The second-order valence-electron chi connectivity index (χ2n) is 3.37. The van der Waals surface area contributed by atoms with Crippen molar-refractivity contribution in [2.45, 2.75) is 25.3 Å². The van der Waals surface area contributed by atoms with Gasteiger partial charge in [0.15, 0.2) is 0 Å². The van der Waals surface area contributed by atoms with Gasteiger partial charge in [0.2, 0.25) is 5.91 Å². The second kappa shape index (κ2) is 3.10. The monoisotopic (exact) mass is 259 g/mol. The van der Waals surface area contributed by atoms with Crippen molar-refractivity contribution < 1.29 is 4.79 Å². The maximum absolute atomic E-state index is 11.0. The molecule has 0 unspecified atom stereocenters. The molecule has 2 rings (SSSR count). The van der Waals surface area contributed by atoms with E-state index in [-0.39, 0.29) is 11.4 Å². The highest BCUT2D eigenvalue weighted by Crippen LogP contribution is 2.48. The van der Waals surface area contributed by atoms with E-state index in [1.54, 1.807) is 18.3 Å². The van der Waals surface area contributed by atoms with Crippen molar-refractivity contribution in [1.29, 1.82) is 0 Å². The highest BCUT2D eigenvalue weighted by molar-refractivity contribution is 9.11. The molecule has 1 aliphatic rings. The van der Waals surface area contributed by atoms with Gasteiger partial charge in [-0.15, -0.1) is 11.3 Å². The molecule has 0 radical (unpaired) electrons.